The van der Waals surface area contributed by atoms with Gasteiger partial charge in [0.2, 0.25) is 0 Å². The van der Waals surface area contributed by atoms with E-state index in [1.165, 1.54) is 12.1 Å². The molecule has 0 radical (unpaired) electrons. The highest BCUT2D eigenvalue weighted by atomic mass is 35.5. The molecule has 0 saturated heterocycles. The maximum Gasteiger partial charge on any atom is 0.276 e. The van der Waals surface area contributed by atoms with Crippen molar-refractivity contribution in [3.63, 3.8) is 0 Å². The number of rotatable bonds is 3. The zero-order valence-electron chi connectivity index (χ0n) is 10.8. The van der Waals surface area contributed by atoms with Crippen molar-refractivity contribution in [2.45, 2.75) is 27.2 Å². The van der Waals surface area contributed by atoms with E-state index in [1.807, 2.05) is 20.8 Å². The SMILES string of the molecule is CCc1c(C)nn(-c2cc([N+](=O)[O-])cc(Cl)n2)c1C. The molecule has 0 aliphatic carbocycles. The predicted octanol–water partition coefficient (Wildman–Crippen LogP) is 3.01. The van der Waals surface area contributed by atoms with Crippen LogP contribution >= 0.6 is 11.6 Å². The summed E-state index contributed by atoms with van der Waals surface area (Å²) in [6.07, 6.45) is 0.848. The normalized spacial score (nSPS) is 10.7. The second-order valence-electron chi connectivity index (χ2n) is 4.18. The van der Waals surface area contributed by atoms with E-state index in [0.29, 0.717) is 5.82 Å². The first-order chi connectivity index (χ1) is 8.93. The van der Waals surface area contributed by atoms with Crippen LogP contribution in [-0.4, -0.2) is 19.7 Å². The summed E-state index contributed by atoms with van der Waals surface area (Å²) < 4.78 is 1.59. The average Bonchev–Trinajstić information content (AvgIpc) is 2.63. The molecule has 0 fully saturated rings. The molecule has 0 saturated carbocycles. The highest BCUT2D eigenvalue weighted by Gasteiger charge is 2.16. The number of aromatic nitrogens is 3. The Morgan fingerprint density at radius 3 is 2.63 bits per heavy atom. The van der Waals surface area contributed by atoms with Crippen LogP contribution in [0.5, 0.6) is 0 Å². The zero-order chi connectivity index (χ0) is 14.2. The lowest BCUT2D eigenvalue weighted by molar-refractivity contribution is -0.384. The van der Waals surface area contributed by atoms with Crippen molar-refractivity contribution in [1.82, 2.24) is 14.8 Å². The Morgan fingerprint density at radius 1 is 1.42 bits per heavy atom. The van der Waals surface area contributed by atoms with Crippen molar-refractivity contribution in [3.8, 4) is 5.82 Å². The van der Waals surface area contributed by atoms with Gasteiger partial charge in [0.1, 0.15) is 5.15 Å². The van der Waals surface area contributed by atoms with E-state index in [0.717, 1.165) is 23.4 Å². The Morgan fingerprint density at radius 2 is 2.11 bits per heavy atom. The van der Waals surface area contributed by atoms with Crippen LogP contribution in [-0.2, 0) is 6.42 Å². The van der Waals surface area contributed by atoms with Gasteiger partial charge in [0, 0.05) is 5.69 Å². The van der Waals surface area contributed by atoms with Crippen molar-refractivity contribution < 1.29 is 4.92 Å². The molecule has 0 aromatic carbocycles. The Kier molecular flexibility index (Phi) is 3.53. The quantitative estimate of drug-likeness (QED) is 0.492. The van der Waals surface area contributed by atoms with Gasteiger partial charge in [0.05, 0.1) is 22.7 Å². The molecular formula is C12H13ClN4O2. The Labute approximate surface area is 115 Å². The highest BCUT2D eigenvalue weighted by molar-refractivity contribution is 6.29. The molecule has 0 bridgehead atoms. The maximum absolute atomic E-state index is 10.8. The molecule has 2 heterocycles. The van der Waals surface area contributed by atoms with Gasteiger partial charge in [-0.3, -0.25) is 10.1 Å². The summed E-state index contributed by atoms with van der Waals surface area (Å²) in [7, 11) is 0. The summed E-state index contributed by atoms with van der Waals surface area (Å²) in [4.78, 5) is 14.4. The van der Waals surface area contributed by atoms with E-state index >= 15 is 0 Å². The molecule has 2 aromatic rings. The van der Waals surface area contributed by atoms with Crippen LogP contribution in [0.3, 0.4) is 0 Å². The van der Waals surface area contributed by atoms with Crippen LogP contribution in [0.1, 0.15) is 23.9 Å². The lowest BCUT2D eigenvalue weighted by atomic mass is 10.1. The van der Waals surface area contributed by atoms with Gasteiger partial charge in [-0.1, -0.05) is 18.5 Å². The minimum atomic E-state index is -0.497. The van der Waals surface area contributed by atoms with E-state index in [1.54, 1.807) is 4.68 Å². The van der Waals surface area contributed by atoms with Gasteiger partial charge >= 0.3 is 0 Å². The van der Waals surface area contributed by atoms with Gasteiger partial charge in [-0.2, -0.15) is 5.10 Å². The first-order valence-corrected chi connectivity index (χ1v) is 6.19. The summed E-state index contributed by atoms with van der Waals surface area (Å²) >= 11 is 5.82. The number of hydrogen-bond acceptors (Lipinski definition) is 4. The fraction of sp³-hybridized carbons (Fsp3) is 0.333. The van der Waals surface area contributed by atoms with Gasteiger partial charge in [-0.25, -0.2) is 9.67 Å². The number of aryl methyl sites for hydroxylation is 1. The Hall–Kier alpha value is -1.95. The van der Waals surface area contributed by atoms with Crippen molar-refractivity contribution in [2.24, 2.45) is 0 Å². The molecule has 0 amide bonds. The largest absolute Gasteiger partial charge is 0.276 e. The smallest absolute Gasteiger partial charge is 0.258 e. The Balaban J connectivity index is 2.62. The van der Waals surface area contributed by atoms with Gasteiger partial charge in [0.25, 0.3) is 5.69 Å². The maximum atomic E-state index is 10.8. The summed E-state index contributed by atoms with van der Waals surface area (Å²) in [6.45, 7) is 5.85. The van der Waals surface area contributed by atoms with Crippen LogP contribution < -0.4 is 0 Å². The second-order valence-corrected chi connectivity index (χ2v) is 4.57. The third-order valence-electron chi connectivity index (χ3n) is 2.99. The van der Waals surface area contributed by atoms with Gasteiger partial charge in [-0.15, -0.1) is 0 Å². The highest BCUT2D eigenvalue weighted by Crippen LogP contribution is 2.23. The van der Waals surface area contributed by atoms with Crippen molar-refractivity contribution in [2.75, 3.05) is 0 Å². The first-order valence-electron chi connectivity index (χ1n) is 5.81. The third-order valence-corrected chi connectivity index (χ3v) is 3.18. The summed E-state index contributed by atoms with van der Waals surface area (Å²) in [5.41, 5.74) is 2.83. The molecule has 0 aliphatic rings. The van der Waals surface area contributed by atoms with Crippen LogP contribution in [0.2, 0.25) is 5.15 Å². The molecule has 19 heavy (non-hydrogen) atoms. The molecule has 0 N–H and O–H groups in total. The zero-order valence-corrected chi connectivity index (χ0v) is 11.6. The van der Waals surface area contributed by atoms with Gasteiger partial charge in [-0.05, 0) is 25.8 Å². The molecule has 100 valence electrons. The van der Waals surface area contributed by atoms with Crippen molar-refractivity contribution >= 4 is 17.3 Å². The molecule has 0 aliphatic heterocycles. The van der Waals surface area contributed by atoms with Crippen LogP contribution in [0.25, 0.3) is 5.82 Å². The number of nitrogens with zero attached hydrogens (tertiary/aromatic N) is 4. The third kappa shape index (κ3) is 2.44. The van der Waals surface area contributed by atoms with Gasteiger partial charge < -0.3 is 0 Å². The van der Waals surface area contributed by atoms with E-state index < -0.39 is 4.92 Å². The molecule has 6 nitrogen and oxygen atoms in total. The topological polar surface area (TPSA) is 73.8 Å². The summed E-state index contributed by atoms with van der Waals surface area (Å²) in [6, 6.07) is 2.59. The number of pyridine rings is 1. The lowest BCUT2D eigenvalue weighted by Gasteiger charge is -2.04. The fourth-order valence-electron chi connectivity index (χ4n) is 2.09. The number of nitro groups is 1. The molecule has 0 atom stereocenters. The fourth-order valence-corrected chi connectivity index (χ4v) is 2.29. The van der Waals surface area contributed by atoms with Crippen LogP contribution in [0.4, 0.5) is 5.69 Å². The van der Waals surface area contributed by atoms with Crippen molar-refractivity contribution in [3.05, 3.63) is 44.4 Å². The lowest BCUT2D eigenvalue weighted by Crippen LogP contribution is -2.03. The Bertz CT molecular complexity index is 651. The second kappa shape index (κ2) is 4.97. The standard InChI is InChI=1S/C12H13ClN4O2/c1-4-10-7(2)15-16(8(10)3)12-6-9(17(18)19)5-11(13)14-12/h5-6H,4H2,1-3H3. The predicted molar refractivity (Wildman–Crippen MR) is 71.9 cm³/mol. The van der Waals surface area contributed by atoms with E-state index in [-0.39, 0.29) is 10.8 Å². The van der Waals surface area contributed by atoms with Crippen LogP contribution in [0, 0.1) is 24.0 Å². The summed E-state index contributed by atoms with van der Waals surface area (Å²) in [5.74, 6) is 0.361. The van der Waals surface area contributed by atoms with E-state index in [2.05, 4.69) is 10.1 Å². The molecular weight excluding hydrogens is 268 g/mol. The molecule has 0 spiro atoms. The first kappa shape index (κ1) is 13.5. The minimum Gasteiger partial charge on any atom is -0.258 e. The number of halogens is 1. The molecule has 2 aromatic heterocycles. The minimum absolute atomic E-state index is 0.0785. The average molecular weight is 281 g/mol. The van der Waals surface area contributed by atoms with Crippen LogP contribution in [0.15, 0.2) is 12.1 Å². The molecule has 2 rings (SSSR count). The molecule has 0 unspecified atom stereocenters. The van der Waals surface area contributed by atoms with Gasteiger partial charge in [0.15, 0.2) is 5.82 Å². The summed E-state index contributed by atoms with van der Waals surface area (Å²) in [5, 5.41) is 15.3. The molecule has 7 heteroatoms. The van der Waals surface area contributed by atoms with E-state index in [9.17, 15) is 10.1 Å². The number of hydrogen-bond donors (Lipinski definition) is 0. The monoisotopic (exact) mass is 280 g/mol. The van der Waals surface area contributed by atoms with E-state index in [4.69, 9.17) is 11.6 Å². The van der Waals surface area contributed by atoms with Crippen molar-refractivity contribution in [1.29, 1.82) is 0 Å².